The Kier molecular flexibility index (Phi) is 2.44. The van der Waals surface area contributed by atoms with Crippen molar-refractivity contribution in [2.45, 2.75) is 31.7 Å². The highest BCUT2D eigenvalue weighted by atomic mass is 16.1. The van der Waals surface area contributed by atoms with E-state index in [2.05, 4.69) is 22.5 Å². The third-order valence-electron chi connectivity index (χ3n) is 3.52. The summed E-state index contributed by atoms with van der Waals surface area (Å²) in [5, 5.41) is 5.47. The number of nitrogens with one attached hydrogen (secondary N) is 2. The summed E-state index contributed by atoms with van der Waals surface area (Å²) < 4.78 is 1.96. The van der Waals surface area contributed by atoms with Crippen molar-refractivity contribution in [2.75, 3.05) is 13.1 Å². The maximum Gasteiger partial charge on any atom is 0.326 e. The summed E-state index contributed by atoms with van der Waals surface area (Å²) >= 11 is 0. The molecule has 1 saturated heterocycles. The summed E-state index contributed by atoms with van der Waals surface area (Å²) in [6, 6.07) is 0.372. The Morgan fingerprint density at radius 3 is 2.75 bits per heavy atom. The molecule has 0 atom stereocenters. The Morgan fingerprint density at radius 1 is 1.19 bits per heavy atom. The lowest BCUT2D eigenvalue weighted by molar-refractivity contribution is 0.356. The van der Waals surface area contributed by atoms with Crippen molar-refractivity contribution < 1.29 is 0 Å². The number of H-pyrrole nitrogens is 1. The summed E-state index contributed by atoms with van der Waals surface area (Å²) in [7, 11) is 0. The van der Waals surface area contributed by atoms with Crippen LogP contribution in [0.2, 0.25) is 0 Å². The number of nitrogens with zero attached hydrogens (tertiary/aromatic N) is 1. The van der Waals surface area contributed by atoms with Gasteiger partial charge in [0.25, 0.3) is 0 Å². The van der Waals surface area contributed by atoms with Gasteiger partial charge in [-0.2, -0.15) is 0 Å². The minimum atomic E-state index is 0.0614. The van der Waals surface area contributed by atoms with Crippen LogP contribution in [0.3, 0.4) is 0 Å². The van der Waals surface area contributed by atoms with E-state index in [0.29, 0.717) is 6.04 Å². The standard InChI is InChI=1S/C12H17N3O/c16-12-14-10-3-1-2-4-11(10)15(12)9-5-7-13-8-6-9/h3-4,9,13H,1-2,5-8H2,(H,14,16). The molecule has 1 aliphatic heterocycles. The third-order valence-corrected chi connectivity index (χ3v) is 3.52. The number of aromatic amines is 1. The van der Waals surface area contributed by atoms with Crippen LogP contribution in [0.1, 0.15) is 31.7 Å². The number of aromatic nitrogens is 2. The van der Waals surface area contributed by atoms with Crippen LogP contribution in [0, 0.1) is 0 Å². The molecule has 0 bridgehead atoms. The monoisotopic (exact) mass is 219 g/mol. The lowest BCUT2D eigenvalue weighted by atomic mass is 10.1. The second-order valence-electron chi connectivity index (χ2n) is 4.57. The first-order valence-electron chi connectivity index (χ1n) is 6.08. The second-order valence-corrected chi connectivity index (χ2v) is 4.57. The van der Waals surface area contributed by atoms with E-state index >= 15 is 0 Å². The van der Waals surface area contributed by atoms with Gasteiger partial charge < -0.3 is 10.3 Å². The fourth-order valence-corrected chi connectivity index (χ4v) is 2.72. The largest absolute Gasteiger partial charge is 0.326 e. The lowest BCUT2D eigenvalue weighted by Gasteiger charge is -2.23. The molecule has 1 fully saturated rings. The van der Waals surface area contributed by atoms with Crippen molar-refractivity contribution in [2.24, 2.45) is 0 Å². The van der Waals surface area contributed by atoms with Gasteiger partial charge in [0, 0.05) is 6.04 Å². The molecule has 2 N–H and O–H groups in total. The first kappa shape index (κ1) is 9.90. The van der Waals surface area contributed by atoms with Crippen LogP contribution in [-0.2, 0) is 0 Å². The number of piperidine rings is 1. The molecule has 86 valence electrons. The summed E-state index contributed by atoms with van der Waals surface area (Å²) in [4.78, 5) is 14.9. The van der Waals surface area contributed by atoms with Crippen LogP contribution in [0.25, 0.3) is 12.2 Å². The van der Waals surface area contributed by atoms with Crippen LogP contribution in [0.5, 0.6) is 0 Å². The van der Waals surface area contributed by atoms with Gasteiger partial charge in [-0.15, -0.1) is 0 Å². The summed E-state index contributed by atoms with van der Waals surface area (Å²) in [6.45, 7) is 2.03. The molecule has 0 unspecified atom stereocenters. The van der Waals surface area contributed by atoms with Gasteiger partial charge >= 0.3 is 5.69 Å². The van der Waals surface area contributed by atoms with Crippen LogP contribution < -0.4 is 21.7 Å². The molecule has 0 amide bonds. The van der Waals surface area contributed by atoms with Crippen molar-refractivity contribution >= 4 is 12.2 Å². The SMILES string of the molecule is O=c1[nH]c2c(n1C1CCNCC1)=CCCC=2. The van der Waals surface area contributed by atoms with E-state index in [1.165, 1.54) is 0 Å². The van der Waals surface area contributed by atoms with E-state index in [4.69, 9.17) is 0 Å². The molecule has 16 heavy (non-hydrogen) atoms. The maximum atomic E-state index is 12.0. The molecule has 2 aliphatic rings. The number of hydrogen-bond donors (Lipinski definition) is 2. The van der Waals surface area contributed by atoms with Gasteiger partial charge in [0.05, 0.1) is 10.7 Å². The zero-order chi connectivity index (χ0) is 11.0. The quantitative estimate of drug-likeness (QED) is 0.666. The average molecular weight is 219 g/mol. The van der Waals surface area contributed by atoms with Gasteiger partial charge in [0.2, 0.25) is 0 Å². The van der Waals surface area contributed by atoms with Gasteiger partial charge in [0.15, 0.2) is 0 Å². The zero-order valence-electron chi connectivity index (χ0n) is 9.33. The van der Waals surface area contributed by atoms with Crippen LogP contribution in [0.15, 0.2) is 4.79 Å². The van der Waals surface area contributed by atoms with Gasteiger partial charge in [0.1, 0.15) is 0 Å². The molecule has 0 aromatic carbocycles. The second kappa shape index (κ2) is 3.94. The Morgan fingerprint density at radius 2 is 1.94 bits per heavy atom. The molecule has 4 nitrogen and oxygen atoms in total. The Hall–Kier alpha value is -1.29. The molecule has 3 rings (SSSR count). The normalized spacial score (nSPS) is 21.0. The van der Waals surface area contributed by atoms with Crippen molar-refractivity contribution in [1.29, 1.82) is 0 Å². The molecule has 0 radical (unpaired) electrons. The first-order valence-corrected chi connectivity index (χ1v) is 6.08. The minimum Gasteiger partial charge on any atom is -0.317 e. The Bertz CT molecular complexity index is 546. The lowest BCUT2D eigenvalue weighted by Crippen LogP contribution is -2.40. The van der Waals surface area contributed by atoms with Crippen LogP contribution in [0.4, 0.5) is 0 Å². The van der Waals surface area contributed by atoms with E-state index in [1.807, 2.05) is 4.57 Å². The molecule has 1 aromatic heterocycles. The third kappa shape index (κ3) is 1.53. The zero-order valence-corrected chi connectivity index (χ0v) is 9.33. The predicted octanol–water partition coefficient (Wildman–Crippen LogP) is -0.544. The Labute approximate surface area is 93.7 Å². The van der Waals surface area contributed by atoms with E-state index in [9.17, 15) is 4.79 Å². The van der Waals surface area contributed by atoms with Crippen LogP contribution in [-0.4, -0.2) is 22.6 Å². The van der Waals surface area contributed by atoms with Crippen LogP contribution >= 0.6 is 0 Å². The van der Waals surface area contributed by atoms with Crippen molar-refractivity contribution in [3.63, 3.8) is 0 Å². The van der Waals surface area contributed by atoms with E-state index < -0.39 is 0 Å². The highest BCUT2D eigenvalue weighted by molar-refractivity contribution is 5.33. The van der Waals surface area contributed by atoms with Gasteiger partial charge in [-0.3, -0.25) is 4.57 Å². The maximum absolute atomic E-state index is 12.0. The molecule has 0 saturated carbocycles. The fourth-order valence-electron chi connectivity index (χ4n) is 2.72. The molecule has 1 aromatic rings. The number of imidazole rings is 1. The average Bonchev–Trinajstić information content (AvgIpc) is 2.66. The molecule has 1 aliphatic carbocycles. The highest BCUT2D eigenvalue weighted by Gasteiger charge is 2.18. The summed E-state index contributed by atoms with van der Waals surface area (Å²) in [5.74, 6) is 0. The minimum absolute atomic E-state index is 0.0614. The van der Waals surface area contributed by atoms with Gasteiger partial charge in [-0.1, -0.05) is 12.2 Å². The van der Waals surface area contributed by atoms with E-state index in [1.54, 1.807) is 0 Å². The van der Waals surface area contributed by atoms with E-state index in [-0.39, 0.29) is 5.69 Å². The predicted molar refractivity (Wildman–Crippen MR) is 63.6 cm³/mol. The van der Waals surface area contributed by atoms with Gasteiger partial charge in [-0.05, 0) is 38.8 Å². The van der Waals surface area contributed by atoms with Crippen molar-refractivity contribution in [1.82, 2.24) is 14.9 Å². The molecule has 2 heterocycles. The number of hydrogen-bond acceptors (Lipinski definition) is 2. The molecule has 4 heteroatoms. The topological polar surface area (TPSA) is 49.8 Å². The summed E-state index contributed by atoms with van der Waals surface area (Å²) in [6.07, 6.45) is 8.52. The highest BCUT2D eigenvalue weighted by Crippen LogP contribution is 2.14. The fraction of sp³-hybridized carbons (Fsp3) is 0.583. The number of fused-ring (bicyclic) bond motifs is 1. The first-order chi connectivity index (χ1) is 7.86. The van der Waals surface area contributed by atoms with Gasteiger partial charge in [-0.25, -0.2) is 4.79 Å². The molecular formula is C12H17N3O. The number of rotatable bonds is 1. The molecule has 0 spiro atoms. The van der Waals surface area contributed by atoms with Crippen molar-refractivity contribution in [3.05, 3.63) is 21.2 Å². The van der Waals surface area contributed by atoms with E-state index in [0.717, 1.165) is 49.5 Å². The molecular weight excluding hydrogens is 202 g/mol. The smallest absolute Gasteiger partial charge is 0.317 e. The Balaban J connectivity index is 2.13. The van der Waals surface area contributed by atoms with Crippen molar-refractivity contribution in [3.8, 4) is 0 Å². The summed E-state index contributed by atoms with van der Waals surface area (Å²) in [5.41, 5.74) is 0.0614.